The van der Waals surface area contributed by atoms with E-state index in [1.807, 2.05) is 58.1 Å². The van der Waals surface area contributed by atoms with Crippen LogP contribution in [0.5, 0.6) is 0 Å². The van der Waals surface area contributed by atoms with E-state index in [0.29, 0.717) is 31.5 Å². The van der Waals surface area contributed by atoms with Crippen molar-refractivity contribution in [2.75, 3.05) is 18.4 Å². The molecule has 5 rings (SSSR count). The van der Waals surface area contributed by atoms with Crippen molar-refractivity contribution in [2.24, 2.45) is 5.92 Å². The zero-order valence-electron chi connectivity index (χ0n) is 19.2. The zero-order valence-corrected chi connectivity index (χ0v) is 19.2. The Morgan fingerprint density at radius 3 is 2.27 bits per heavy atom. The first-order chi connectivity index (χ1) is 15.9. The molecular formula is C27H30N4O2. The third kappa shape index (κ3) is 4.06. The largest absolute Gasteiger partial charge is 0.363 e. The summed E-state index contributed by atoms with van der Waals surface area (Å²) in [7, 11) is 0. The van der Waals surface area contributed by atoms with Crippen molar-refractivity contribution < 1.29 is 9.59 Å². The molecule has 1 unspecified atom stereocenters. The number of carbonyl (C=O) groups excluding carboxylic acids is 2. The molecule has 2 aliphatic heterocycles. The molecule has 2 aliphatic rings. The minimum Gasteiger partial charge on any atom is -0.363 e. The van der Waals surface area contributed by atoms with Crippen LogP contribution in [-0.2, 0) is 5.54 Å². The summed E-state index contributed by atoms with van der Waals surface area (Å²) in [6.07, 6.45) is 3.95. The molecule has 6 heteroatoms. The van der Waals surface area contributed by atoms with Crippen LogP contribution in [0, 0.1) is 5.92 Å². The molecule has 1 saturated heterocycles. The molecule has 1 atom stereocenters. The van der Waals surface area contributed by atoms with Crippen molar-refractivity contribution in [1.82, 2.24) is 14.7 Å². The number of hydrogen-bond acceptors (Lipinski definition) is 4. The van der Waals surface area contributed by atoms with Gasteiger partial charge in [-0.2, -0.15) is 5.10 Å². The molecule has 0 radical (unpaired) electrons. The number of benzene rings is 2. The lowest BCUT2D eigenvalue weighted by molar-refractivity contribution is 0.0650. The number of nitrogens with one attached hydrogen (secondary N) is 1. The monoisotopic (exact) mass is 442 g/mol. The molecule has 1 aromatic heterocycles. The second-order valence-corrected chi connectivity index (χ2v) is 9.74. The molecular weight excluding hydrogens is 412 g/mol. The maximum Gasteiger partial charge on any atom is 0.259 e. The first-order valence-electron chi connectivity index (χ1n) is 11.7. The van der Waals surface area contributed by atoms with Crippen LogP contribution in [0.15, 0.2) is 66.9 Å². The van der Waals surface area contributed by atoms with Gasteiger partial charge in [-0.3, -0.25) is 9.59 Å². The van der Waals surface area contributed by atoms with Gasteiger partial charge >= 0.3 is 0 Å². The van der Waals surface area contributed by atoms with Crippen LogP contribution in [0.1, 0.15) is 65.4 Å². The molecule has 33 heavy (non-hydrogen) atoms. The highest BCUT2D eigenvalue weighted by Gasteiger charge is 2.38. The number of anilines is 1. The summed E-state index contributed by atoms with van der Waals surface area (Å²) >= 11 is 0. The topological polar surface area (TPSA) is 67.2 Å². The summed E-state index contributed by atoms with van der Waals surface area (Å²) in [6, 6.07) is 19.9. The molecule has 0 bridgehead atoms. The summed E-state index contributed by atoms with van der Waals surface area (Å²) in [5.41, 5.74) is 2.36. The minimum absolute atomic E-state index is 0.0149. The lowest BCUT2D eigenvalue weighted by Gasteiger charge is -2.38. The van der Waals surface area contributed by atoms with Gasteiger partial charge in [0.2, 0.25) is 0 Å². The van der Waals surface area contributed by atoms with E-state index in [0.717, 1.165) is 17.8 Å². The van der Waals surface area contributed by atoms with Gasteiger partial charge in [0.15, 0.2) is 5.78 Å². The van der Waals surface area contributed by atoms with Gasteiger partial charge in [-0.15, -0.1) is 0 Å². The van der Waals surface area contributed by atoms with Crippen molar-refractivity contribution in [3.05, 3.63) is 83.6 Å². The summed E-state index contributed by atoms with van der Waals surface area (Å²) < 4.78 is 1.95. The van der Waals surface area contributed by atoms with E-state index >= 15 is 0 Å². The number of ketones is 1. The van der Waals surface area contributed by atoms with E-state index in [1.165, 1.54) is 5.56 Å². The van der Waals surface area contributed by atoms with Gasteiger partial charge in [-0.05, 0) is 38.7 Å². The van der Waals surface area contributed by atoms with Crippen LogP contribution in [0.25, 0.3) is 0 Å². The van der Waals surface area contributed by atoms with Crippen molar-refractivity contribution in [3.63, 3.8) is 0 Å². The average Bonchev–Trinajstić information content (AvgIpc) is 3.29. The zero-order chi connectivity index (χ0) is 23.0. The molecule has 3 aromatic rings. The number of piperidine rings is 1. The second kappa shape index (κ2) is 8.50. The summed E-state index contributed by atoms with van der Waals surface area (Å²) in [6.45, 7) is 5.49. The van der Waals surface area contributed by atoms with Crippen LogP contribution in [-0.4, -0.2) is 39.5 Å². The second-order valence-electron chi connectivity index (χ2n) is 9.74. The van der Waals surface area contributed by atoms with Crippen LogP contribution >= 0.6 is 0 Å². The Morgan fingerprint density at radius 2 is 1.61 bits per heavy atom. The number of carbonyl (C=O) groups is 2. The summed E-state index contributed by atoms with van der Waals surface area (Å²) in [5, 5.41) is 8.17. The summed E-state index contributed by atoms with van der Waals surface area (Å²) in [4.78, 5) is 28.2. The van der Waals surface area contributed by atoms with E-state index in [-0.39, 0.29) is 29.2 Å². The predicted molar refractivity (Wildman–Crippen MR) is 128 cm³/mol. The molecule has 0 aliphatic carbocycles. The normalized spacial score (nSPS) is 20.1. The third-order valence-electron chi connectivity index (χ3n) is 7.00. The molecule has 0 spiro atoms. The average molecular weight is 443 g/mol. The van der Waals surface area contributed by atoms with Crippen molar-refractivity contribution in [2.45, 2.75) is 44.7 Å². The Bertz CT molecular complexity index is 1150. The number of aromatic nitrogens is 2. The van der Waals surface area contributed by atoms with E-state index in [2.05, 4.69) is 36.4 Å². The van der Waals surface area contributed by atoms with Gasteiger partial charge in [0.1, 0.15) is 11.4 Å². The fourth-order valence-corrected chi connectivity index (χ4v) is 5.14. The molecule has 2 aromatic carbocycles. The highest BCUT2D eigenvalue weighted by Crippen LogP contribution is 2.40. The number of nitrogens with zero attached hydrogens (tertiary/aromatic N) is 3. The number of amides is 1. The standard InChI is InChI=1S/C27H30N4O2/c1-27(2)17-23(19-9-5-3-6-10-19)29-25-22(18-28-31(25)27)26(33)30-15-13-21(14-16-30)24(32)20-11-7-4-8-12-20/h3-12,18,21,23,29H,13-17H2,1-2H3. The smallest absolute Gasteiger partial charge is 0.259 e. The van der Waals surface area contributed by atoms with E-state index < -0.39 is 0 Å². The van der Waals surface area contributed by atoms with Gasteiger partial charge in [0.05, 0.1) is 17.8 Å². The molecule has 0 saturated carbocycles. The van der Waals surface area contributed by atoms with E-state index in [4.69, 9.17) is 0 Å². The number of rotatable bonds is 4. The molecule has 3 heterocycles. The Balaban J connectivity index is 1.32. The highest BCUT2D eigenvalue weighted by molar-refractivity contribution is 6.00. The number of fused-ring (bicyclic) bond motifs is 1. The van der Waals surface area contributed by atoms with Crippen LogP contribution in [0.2, 0.25) is 0 Å². The third-order valence-corrected chi connectivity index (χ3v) is 7.00. The van der Waals surface area contributed by atoms with Gasteiger partial charge in [0.25, 0.3) is 5.91 Å². The fraction of sp³-hybridized carbons (Fsp3) is 0.370. The lowest BCUT2D eigenvalue weighted by Crippen LogP contribution is -2.41. The predicted octanol–water partition coefficient (Wildman–Crippen LogP) is 4.91. The van der Waals surface area contributed by atoms with Gasteiger partial charge in [-0.1, -0.05) is 60.7 Å². The maximum absolute atomic E-state index is 13.5. The quantitative estimate of drug-likeness (QED) is 0.583. The fourth-order valence-electron chi connectivity index (χ4n) is 5.14. The Labute approximate surface area is 194 Å². The van der Waals surface area contributed by atoms with Crippen LogP contribution in [0.4, 0.5) is 5.82 Å². The van der Waals surface area contributed by atoms with E-state index in [9.17, 15) is 9.59 Å². The van der Waals surface area contributed by atoms with Crippen molar-refractivity contribution in [1.29, 1.82) is 0 Å². The van der Waals surface area contributed by atoms with Crippen molar-refractivity contribution in [3.8, 4) is 0 Å². The van der Waals surface area contributed by atoms with Gasteiger partial charge in [-0.25, -0.2) is 4.68 Å². The van der Waals surface area contributed by atoms with Crippen LogP contribution < -0.4 is 5.32 Å². The lowest BCUT2D eigenvalue weighted by atomic mass is 9.88. The number of likely N-dealkylation sites (tertiary alicyclic amines) is 1. The summed E-state index contributed by atoms with van der Waals surface area (Å²) in [5.74, 6) is 0.920. The Kier molecular flexibility index (Phi) is 5.52. The SMILES string of the molecule is CC1(C)CC(c2ccccc2)Nc2c(C(=O)N3CCC(C(=O)c4ccccc4)CC3)cnn21. The van der Waals surface area contributed by atoms with Crippen LogP contribution in [0.3, 0.4) is 0 Å². The first-order valence-corrected chi connectivity index (χ1v) is 11.7. The first kappa shape index (κ1) is 21.4. The molecule has 1 fully saturated rings. The maximum atomic E-state index is 13.5. The number of Topliss-reactive ketones (excluding diaryl/α,β-unsaturated/α-hetero) is 1. The molecule has 170 valence electrons. The molecule has 1 N–H and O–H groups in total. The van der Waals surface area contributed by atoms with E-state index in [1.54, 1.807) is 6.20 Å². The Hall–Kier alpha value is -3.41. The highest BCUT2D eigenvalue weighted by atomic mass is 16.2. The van der Waals surface area contributed by atoms with Gasteiger partial charge < -0.3 is 10.2 Å². The Morgan fingerprint density at radius 1 is 0.970 bits per heavy atom. The molecule has 6 nitrogen and oxygen atoms in total. The van der Waals surface area contributed by atoms with Gasteiger partial charge in [0, 0.05) is 24.6 Å². The minimum atomic E-state index is -0.214. The van der Waals surface area contributed by atoms with Crippen molar-refractivity contribution >= 4 is 17.5 Å². The molecule has 1 amide bonds. The number of hydrogen-bond donors (Lipinski definition) is 1.